The van der Waals surface area contributed by atoms with Crippen LogP contribution in [0.15, 0.2) is 12.3 Å². The van der Waals surface area contributed by atoms with E-state index in [0.717, 1.165) is 26.2 Å². The van der Waals surface area contributed by atoms with Crippen molar-refractivity contribution in [3.05, 3.63) is 21.5 Å². The van der Waals surface area contributed by atoms with E-state index in [1.165, 1.54) is 47.1 Å². The molecule has 0 atom stereocenters. The SMILES string of the molecule is CCCCCc1cc(N2CCCNCC2)cnc1I. The highest BCUT2D eigenvalue weighted by molar-refractivity contribution is 14.1. The van der Waals surface area contributed by atoms with E-state index in [9.17, 15) is 0 Å². The molecular weight excluding hydrogens is 349 g/mol. The number of aromatic nitrogens is 1. The monoisotopic (exact) mass is 373 g/mol. The number of nitrogens with zero attached hydrogens (tertiary/aromatic N) is 2. The van der Waals surface area contributed by atoms with E-state index in [2.05, 4.69) is 50.8 Å². The van der Waals surface area contributed by atoms with Gasteiger partial charge in [-0.25, -0.2) is 4.98 Å². The summed E-state index contributed by atoms with van der Waals surface area (Å²) in [6.45, 7) is 6.71. The minimum atomic E-state index is 1.08. The molecule has 106 valence electrons. The van der Waals surface area contributed by atoms with Gasteiger partial charge in [-0.2, -0.15) is 0 Å². The van der Waals surface area contributed by atoms with Crippen LogP contribution in [-0.4, -0.2) is 31.2 Å². The first-order valence-electron chi connectivity index (χ1n) is 7.41. The quantitative estimate of drug-likeness (QED) is 0.488. The summed E-state index contributed by atoms with van der Waals surface area (Å²) in [4.78, 5) is 7.05. The fourth-order valence-electron chi connectivity index (χ4n) is 2.50. The molecule has 0 spiro atoms. The minimum absolute atomic E-state index is 1.08. The Morgan fingerprint density at radius 3 is 3.05 bits per heavy atom. The molecule has 1 saturated heterocycles. The third-order valence-corrected chi connectivity index (χ3v) is 4.62. The molecule has 2 rings (SSSR count). The molecule has 0 unspecified atom stereocenters. The molecule has 1 N–H and O–H groups in total. The van der Waals surface area contributed by atoms with Gasteiger partial charge in [-0.1, -0.05) is 19.8 Å². The Hall–Kier alpha value is -0.360. The Labute approximate surface area is 130 Å². The lowest BCUT2D eigenvalue weighted by atomic mass is 10.1. The van der Waals surface area contributed by atoms with Crippen LogP contribution in [0.5, 0.6) is 0 Å². The highest BCUT2D eigenvalue weighted by atomic mass is 127. The Morgan fingerprint density at radius 1 is 1.32 bits per heavy atom. The summed E-state index contributed by atoms with van der Waals surface area (Å²) in [6.07, 6.45) is 8.29. The largest absolute Gasteiger partial charge is 0.369 e. The Kier molecular flexibility index (Phi) is 6.37. The molecule has 0 saturated carbocycles. The van der Waals surface area contributed by atoms with E-state index in [0.29, 0.717) is 0 Å². The van der Waals surface area contributed by atoms with Gasteiger partial charge in [-0.15, -0.1) is 0 Å². The van der Waals surface area contributed by atoms with Crippen molar-refractivity contribution in [1.82, 2.24) is 10.3 Å². The maximum atomic E-state index is 4.59. The van der Waals surface area contributed by atoms with Gasteiger partial charge in [0.15, 0.2) is 0 Å². The van der Waals surface area contributed by atoms with Gasteiger partial charge in [0.2, 0.25) is 0 Å². The lowest BCUT2D eigenvalue weighted by Gasteiger charge is -2.22. The van der Waals surface area contributed by atoms with Gasteiger partial charge < -0.3 is 10.2 Å². The summed E-state index contributed by atoms with van der Waals surface area (Å²) in [5, 5.41) is 3.45. The van der Waals surface area contributed by atoms with Crippen LogP contribution in [0, 0.1) is 3.70 Å². The number of aryl methyl sites for hydroxylation is 1. The van der Waals surface area contributed by atoms with Crippen molar-refractivity contribution < 1.29 is 0 Å². The second-order valence-corrected chi connectivity index (χ2v) is 6.21. The van der Waals surface area contributed by atoms with Gasteiger partial charge in [0.1, 0.15) is 3.70 Å². The molecule has 0 aromatic carbocycles. The number of nitrogens with one attached hydrogen (secondary N) is 1. The zero-order valence-electron chi connectivity index (χ0n) is 11.8. The van der Waals surface area contributed by atoms with E-state index in [1.54, 1.807) is 0 Å². The Balaban J connectivity index is 2.05. The summed E-state index contributed by atoms with van der Waals surface area (Å²) < 4.78 is 1.17. The number of rotatable bonds is 5. The molecule has 0 aliphatic carbocycles. The molecule has 4 heteroatoms. The van der Waals surface area contributed by atoms with Gasteiger partial charge in [-0.05, 0) is 60.0 Å². The van der Waals surface area contributed by atoms with Crippen LogP contribution in [0.1, 0.15) is 38.2 Å². The van der Waals surface area contributed by atoms with Crippen LogP contribution < -0.4 is 10.2 Å². The highest BCUT2D eigenvalue weighted by Gasteiger charge is 2.11. The molecular formula is C15H24IN3. The minimum Gasteiger partial charge on any atom is -0.369 e. The molecule has 3 nitrogen and oxygen atoms in total. The summed E-state index contributed by atoms with van der Waals surface area (Å²) in [6, 6.07) is 2.36. The van der Waals surface area contributed by atoms with Crippen LogP contribution in [0.25, 0.3) is 0 Å². The topological polar surface area (TPSA) is 28.2 Å². The van der Waals surface area contributed by atoms with Crippen molar-refractivity contribution in [3.8, 4) is 0 Å². The van der Waals surface area contributed by atoms with E-state index in [1.807, 2.05) is 6.20 Å². The van der Waals surface area contributed by atoms with Crippen molar-refractivity contribution in [2.45, 2.75) is 39.0 Å². The molecule has 1 fully saturated rings. The number of anilines is 1. The van der Waals surface area contributed by atoms with Gasteiger partial charge in [0.25, 0.3) is 0 Å². The van der Waals surface area contributed by atoms with Crippen LogP contribution >= 0.6 is 22.6 Å². The second kappa shape index (κ2) is 8.04. The van der Waals surface area contributed by atoms with Crippen molar-refractivity contribution >= 4 is 28.3 Å². The average Bonchev–Trinajstić information content (AvgIpc) is 2.70. The van der Waals surface area contributed by atoms with Gasteiger partial charge in [0, 0.05) is 19.6 Å². The van der Waals surface area contributed by atoms with E-state index >= 15 is 0 Å². The predicted octanol–water partition coefficient (Wildman–Crippen LogP) is 3.22. The lowest BCUT2D eigenvalue weighted by molar-refractivity contribution is 0.713. The van der Waals surface area contributed by atoms with Gasteiger partial charge >= 0.3 is 0 Å². The smallest absolute Gasteiger partial charge is 0.104 e. The van der Waals surface area contributed by atoms with Crippen LogP contribution in [0.2, 0.25) is 0 Å². The first-order valence-corrected chi connectivity index (χ1v) is 8.49. The standard InChI is InChI=1S/C15H24IN3/c1-2-3-4-6-13-11-14(12-18-15(13)16)19-9-5-7-17-8-10-19/h11-12,17H,2-10H2,1H3. The van der Waals surface area contributed by atoms with Crippen molar-refractivity contribution in [3.63, 3.8) is 0 Å². The van der Waals surface area contributed by atoms with Crippen molar-refractivity contribution in [2.24, 2.45) is 0 Å². The zero-order chi connectivity index (χ0) is 13.5. The van der Waals surface area contributed by atoms with E-state index in [-0.39, 0.29) is 0 Å². The van der Waals surface area contributed by atoms with E-state index < -0.39 is 0 Å². The first kappa shape index (κ1) is 15.0. The van der Waals surface area contributed by atoms with Gasteiger partial charge in [-0.3, -0.25) is 0 Å². The fraction of sp³-hybridized carbons (Fsp3) is 0.667. The Bertz CT molecular complexity index is 387. The number of hydrogen-bond donors (Lipinski definition) is 1. The highest BCUT2D eigenvalue weighted by Crippen LogP contribution is 2.21. The number of pyridine rings is 1. The molecule has 1 aromatic heterocycles. The summed E-state index contributed by atoms with van der Waals surface area (Å²) >= 11 is 2.37. The second-order valence-electron chi connectivity index (χ2n) is 5.19. The van der Waals surface area contributed by atoms with Gasteiger partial charge in [0.05, 0.1) is 11.9 Å². The molecule has 0 bridgehead atoms. The number of halogens is 1. The maximum Gasteiger partial charge on any atom is 0.104 e. The lowest BCUT2D eigenvalue weighted by Crippen LogP contribution is -2.28. The van der Waals surface area contributed by atoms with Crippen molar-refractivity contribution in [1.29, 1.82) is 0 Å². The first-order chi connectivity index (χ1) is 9.31. The Morgan fingerprint density at radius 2 is 2.21 bits per heavy atom. The maximum absolute atomic E-state index is 4.59. The zero-order valence-corrected chi connectivity index (χ0v) is 13.9. The third kappa shape index (κ3) is 4.60. The molecule has 1 aliphatic rings. The number of unbranched alkanes of at least 4 members (excludes halogenated alkanes) is 2. The molecule has 0 amide bonds. The summed E-state index contributed by atoms with van der Waals surface area (Å²) in [5.74, 6) is 0. The normalized spacial score (nSPS) is 16.4. The summed E-state index contributed by atoms with van der Waals surface area (Å²) in [7, 11) is 0. The fourth-order valence-corrected chi connectivity index (χ4v) is 3.06. The van der Waals surface area contributed by atoms with Crippen LogP contribution in [0.3, 0.4) is 0 Å². The molecule has 2 heterocycles. The molecule has 19 heavy (non-hydrogen) atoms. The molecule has 1 aliphatic heterocycles. The predicted molar refractivity (Wildman–Crippen MR) is 89.9 cm³/mol. The molecule has 1 aromatic rings. The molecule has 0 radical (unpaired) electrons. The van der Waals surface area contributed by atoms with Crippen molar-refractivity contribution in [2.75, 3.05) is 31.1 Å². The summed E-state index contributed by atoms with van der Waals surface area (Å²) in [5.41, 5.74) is 2.72. The number of hydrogen-bond acceptors (Lipinski definition) is 3. The van der Waals surface area contributed by atoms with Crippen LogP contribution in [-0.2, 0) is 6.42 Å². The van der Waals surface area contributed by atoms with Crippen LogP contribution in [0.4, 0.5) is 5.69 Å². The average molecular weight is 373 g/mol. The third-order valence-electron chi connectivity index (χ3n) is 3.65. The van der Waals surface area contributed by atoms with E-state index in [4.69, 9.17) is 0 Å².